The summed E-state index contributed by atoms with van der Waals surface area (Å²) in [7, 11) is 0. The number of carboxylic acids is 1. The molecule has 1 saturated carbocycles. The lowest BCUT2D eigenvalue weighted by Crippen LogP contribution is -2.38. The van der Waals surface area contributed by atoms with Crippen molar-refractivity contribution in [1.29, 1.82) is 0 Å². The smallest absolute Gasteiger partial charge is 0.316 e. The average molecular weight is 246 g/mol. The molecule has 1 atom stereocenters. The Morgan fingerprint density at radius 2 is 2.17 bits per heavy atom. The summed E-state index contributed by atoms with van der Waals surface area (Å²) in [5, 5.41) is 9.61. The van der Waals surface area contributed by atoms with E-state index in [2.05, 4.69) is 0 Å². The second-order valence-electron chi connectivity index (χ2n) is 5.50. The molecule has 0 heterocycles. The van der Waals surface area contributed by atoms with Gasteiger partial charge in [0.1, 0.15) is 5.41 Å². The Kier molecular flexibility index (Phi) is 2.86. The zero-order valence-electron chi connectivity index (χ0n) is 10.4. The molecule has 1 fully saturated rings. The molecule has 3 rings (SSSR count). The molecule has 0 bridgehead atoms. The van der Waals surface area contributed by atoms with Crippen molar-refractivity contribution < 1.29 is 14.6 Å². The molecule has 1 aromatic rings. The molecule has 2 aliphatic carbocycles. The normalized spacial score (nSPS) is 26.0. The van der Waals surface area contributed by atoms with Gasteiger partial charge in [0.25, 0.3) is 0 Å². The fourth-order valence-corrected chi connectivity index (χ4v) is 2.81. The average Bonchev–Trinajstić information content (AvgIpc) is 3.11. The van der Waals surface area contributed by atoms with Gasteiger partial charge in [0.15, 0.2) is 0 Å². The van der Waals surface area contributed by atoms with Gasteiger partial charge in [-0.2, -0.15) is 0 Å². The van der Waals surface area contributed by atoms with Gasteiger partial charge in [-0.25, -0.2) is 0 Å². The third kappa shape index (κ3) is 1.93. The Balaban J connectivity index is 1.81. The predicted molar refractivity (Wildman–Crippen MR) is 67.6 cm³/mol. The summed E-state index contributed by atoms with van der Waals surface area (Å²) in [4.78, 5) is 11.7. The molecule has 0 aliphatic heterocycles. The number of hydrogen-bond acceptors (Lipinski definition) is 2. The van der Waals surface area contributed by atoms with Gasteiger partial charge in [0, 0.05) is 6.61 Å². The van der Waals surface area contributed by atoms with Crippen LogP contribution >= 0.6 is 0 Å². The van der Waals surface area contributed by atoms with Gasteiger partial charge in [-0.1, -0.05) is 24.3 Å². The minimum atomic E-state index is -0.814. The number of benzene rings is 1. The Bertz CT molecular complexity index is 465. The van der Waals surface area contributed by atoms with Crippen LogP contribution in [-0.2, 0) is 21.4 Å². The van der Waals surface area contributed by atoms with Gasteiger partial charge in [-0.15, -0.1) is 0 Å². The molecule has 1 N–H and O–H groups in total. The number of fused-ring (bicyclic) bond motifs is 1. The van der Waals surface area contributed by atoms with E-state index in [-0.39, 0.29) is 0 Å². The molecule has 0 amide bonds. The van der Waals surface area contributed by atoms with Gasteiger partial charge < -0.3 is 9.84 Å². The summed E-state index contributed by atoms with van der Waals surface area (Å²) in [5.74, 6) is -0.0734. The minimum Gasteiger partial charge on any atom is -0.481 e. The maximum absolute atomic E-state index is 11.7. The third-order valence-corrected chi connectivity index (χ3v) is 4.16. The van der Waals surface area contributed by atoms with Crippen LogP contribution in [0.1, 0.15) is 30.4 Å². The Labute approximate surface area is 107 Å². The number of rotatable bonds is 5. The summed E-state index contributed by atoms with van der Waals surface area (Å²) in [5.41, 5.74) is 1.30. The fraction of sp³-hybridized carbons (Fsp3) is 0.533. The topological polar surface area (TPSA) is 46.5 Å². The summed E-state index contributed by atoms with van der Waals surface area (Å²) < 4.78 is 5.68. The molecular formula is C15H18O3. The van der Waals surface area contributed by atoms with Gasteiger partial charge in [0.05, 0.1) is 6.61 Å². The fourth-order valence-electron chi connectivity index (χ4n) is 2.81. The lowest BCUT2D eigenvalue weighted by atomic mass is 9.83. The second kappa shape index (κ2) is 4.39. The number of carbonyl (C=O) groups is 1. The van der Waals surface area contributed by atoms with Crippen molar-refractivity contribution in [2.45, 2.75) is 31.1 Å². The number of hydrogen-bond donors (Lipinski definition) is 1. The Hall–Kier alpha value is -1.35. The Morgan fingerprint density at radius 3 is 2.89 bits per heavy atom. The number of ether oxygens (including phenoxy) is 1. The van der Waals surface area contributed by atoms with Crippen LogP contribution in [0.2, 0.25) is 0 Å². The molecule has 3 nitrogen and oxygen atoms in total. The van der Waals surface area contributed by atoms with Gasteiger partial charge in [-0.3, -0.25) is 4.79 Å². The number of aryl methyl sites for hydroxylation is 1. The highest BCUT2D eigenvalue weighted by atomic mass is 16.5. The molecule has 0 spiro atoms. The van der Waals surface area contributed by atoms with E-state index in [0.29, 0.717) is 18.9 Å². The highest BCUT2D eigenvalue weighted by Crippen LogP contribution is 2.40. The van der Waals surface area contributed by atoms with Crippen molar-refractivity contribution >= 4 is 5.97 Å². The largest absolute Gasteiger partial charge is 0.481 e. The Morgan fingerprint density at radius 1 is 1.39 bits per heavy atom. The van der Waals surface area contributed by atoms with Crippen molar-refractivity contribution in [2.24, 2.45) is 5.92 Å². The first kappa shape index (κ1) is 11.7. The monoisotopic (exact) mass is 246 g/mol. The first-order chi connectivity index (χ1) is 8.72. The SMILES string of the molecule is O=C(O)C1(COCC2CC2)CCc2ccccc21. The second-order valence-corrected chi connectivity index (χ2v) is 5.50. The first-order valence-electron chi connectivity index (χ1n) is 6.62. The molecule has 0 aromatic heterocycles. The first-order valence-corrected chi connectivity index (χ1v) is 6.62. The highest BCUT2D eigenvalue weighted by molar-refractivity contribution is 5.83. The molecular weight excluding hydrogens is 228 g/mol. The van der Waals surface area contributed by atoms with E-state index < -0.39 is 11.4 Å². The van der Waals surface area contributed by atoms with Crippen LogP contribution in [0.3, 0.4) is 0 Å². The van der Waals surface area contributed by atoms with Crippen molar-refractivity contribution in [3.05, 3.63) is 35.4 Å². The van der Waals surface area contributed by atoms with Crippen molar-refractivity contribution in [3.8, 4) is 0 Å². The van der Waals surface area contributed by atoms with E-state index in [1.54, 1.807) is 0 Å². The lowest BCUT2D eigenvalue weighted by Gasteiger charge is -2.25. The maximum atomic E-state index is 11.7. The molecule has 0 saturated heterocycles. The number of aliphatic carboxylic acids is 1. The zero-order chi connectivity index (χ0) is 12.6. The van der Waals surface area contributed by atoms with Crippen molar-refractivity contribution in [2.75, 3.05) is 13.2 Å². The van der Waals surface area contributed by atoms with E-state index in [9.17, 15) is 9.90 Å². The van der Waals surface area contributed by atoms with Crippen LogP contribution in [0.25, 0.3) is 0 Å². The van der Waals surface area contributed by atoms with Crippen LogP contribution in [0.15, 0.2) is 24.3 Å². The van der Waals surface area contributed by atoms with Gasteiger partial charge in [0.2, 0.25) is 0 Å². The van der Waals surface area contributed by atoms with E-state index >= 15 is 0 Å². The van der Waals surface area contributed by atoms with Crippen molar-refractivity contribution in [1.82, 2.24) is 0 Å². The predicted octanol–water partition coefficient (Wildman–Crippen LogP) is 2.38. The lowest BCUT2D eigenvalue weighted by molar-refractivity contribution is -0.146. The van der Waals surface area contributed by atoms with Crippen LogP contribution in [-0.4, -0.2) is 24.3 Å². The minimum absolute atomic E-state index is 0.315. The summed E-state index contributed by atoms with van der Waals surface area (Å²) in [6.45, 7) is 1.03. The molecule has 0 radical (unpaired) electrons. The van der Waals surface area contributed by atoms with E-state index in [4.69, 9.17) is 4.74 Å². The van der Waals surface area contributed by atoms with Crippen LogP contribution in [0, 0.1) is 5.92 Å². The van der Waals surface area contributed by atoms with Gasteiger partial charge >= 0.3 is 5.97 Å². The quantitative estimate of drug-likeness (QED) is 0.867. The van der Waals surface area contributed by atoms with E-state index in [1.165, 1.54) is 12.8 Å². The molecule has 18 heavy (non-hydrogen) atoms. The third-order valence-electron chi connectivity index (χ3n) is 4.16. The molecule has 1 unspecified atom stereocenters. The number of carboxylic acid groups (broad SMARTS) is 1. The summed E-state index contributed by atoms with van der Waals surface area (Å²) >= 11 is 0. The summed E-state index contributed by atoms with van der Waals surface area (Å²) in [6, 6.07) is 7.86. The van der Waals surface area contributed by atoms with E-state index in [0.717, 1.165) is 24.2 Å². The summed E-state index contributed by atoms with van der Waals surface area (Å²) in [6.07, 6.45) is 3.97. The molecule has 96 valence electrons. The molecule has 3 heteroatoms. The highest BCUT2D eigenvalue weighted by Gasteiger charge is 2.45. The zero-order valence-corrected chi connectivity index (χ0v) is 10.4. The van der Waals surface area contributed by atoms with Crippen LogP contribution in [0.5, 0.6) is 0 Å². The van der Waals surface area contributed by atoms with Crippen molar-refractivity contribution in [3.63, 3.8) is 0 Å². The van der Waals surface area contributed by atoms with Gasteiger partial charge in [-0.05, 0) is 42.7 Å². The molecule has 2 aliphatic rings. The molecule has 1 aromatic carbocycles. The van der Waals surface area contributed by atoms with E-state index in [1.807, 2.05) is 24.3 Å². The van der Waals surface area contributed by atoms with Crippen LogP contribution in [0.4, 0.5) is 0 Å². The van der Waals surface area contributed by atoms with Crippen LogP contribution < -0.4 is 0 Å². The maximum Gasteiger partial charge on any atom is 0.316 e. The standard InChI is InChI=1S/C15H18O3/c16-14(17)15(10-18-9-11-5-6-11)8-7-12-3-1-2-4-13(12)15/h1-4,11H,5-10H2,(H,16,17).